The van der Waals surface area contributed by atoms with Gasteiger partial charge < -0.3 is 5.32 Å². The molecule has 3 nitrogen and oxygen atoms in total. The SMILES string of the molecule is CCCNC(c1cc(C)cc(F)c1)c1cnccn1. The third-order valence-corrected chi connectivity index (χ3v) is 2.88. The first kappa shape index (κ1) is 13.6. The van der Waals surface area contributed by atoms with Crippen molar-refractivity contribution in [3.05, 3.63) is 59.4 Å². The molecular formula is C15H18FN3. The highest BCUT2D eigenvalue weighted by molar-refractivity contribution is 5.31. The summed E-state index contributed by atoms with van der Waals surface area (Å²) in [6.45, 7) is 4.83. The Hall–Kier alpha value is -1.81. The smallest absolute Gasteiger partial charge is 0.123 e. The van der Waals surface area contributed by atoms with E-state index in [0.29, 0.717) is 0 Å². The van der Waals surface area contributed by atoms with E-state index in [9.17, 15) is 4.39 Å². The van der Waals surface area contributed by atoms with Crippen LogP contribution in [0.1, 0.15) is 36.2 Å². The summed E-state index contributed by atoms with van der Waals surface area (Å²) in [5, 5.41) is 3.39. The van der Waals surface area contributed by atoms with Gasteiger partial charge in [0.1, 0.15) is 5.82 Å². The van der Waals surface area contributed by atoms with Crippen molar-refractivity contribution < 1.29 is 4.39 Å². The Kier molecular flexibility index (Phi) is 4.58. The van der Waals surface area contributed by atoms with Crippen LogP contribution in [-0.4, -0.2) is 16.5 Å². The molecule has 0 amide bonds. The summed E-state index contributed by atoms with van der Waals surface area (Å²) in [6.07, 6.45) is 6.01. The number of rotatable bonds is 5. The van der Waals surface area contributed by atoms with Gasteiger partial charge in [-0.05, 0) is 43.1 Å². The zero-order valence-electron chi connectivity index (χ0n) is 11.2. The van der Waals surface area contributed by atoms with Crippen molar-refractivity contribution in [3.8, 4) is 0 Å². The maximum absolute atomic E-state index is 13.6. The molecule has 1 atom stereocenters. The quantitative estimate of drug-likeness (QED) is 0.897. The van der Waals surface area contributed by atoms with Gasteiger partial charge in [-0.25, -0.2) is 4.39 Å². The van der Waals surface area contributed by atoms with Gasteiger partial charge in [0.2, 0.25) is 0 Å². The van der Waals surface area contributed by atoms with Crippen LogP contribution in [0.15, 0.2) is 36.8 Å². The lowest BCUT2D eigenvalue weighted by Crippen LogP contribution is -2.24. The normalized spacial score (nSPS) is 12.4. The number of nitrogens with one attached hydrogen (secondary N) is 1. The maximum atomic E-state index is 13.6. The van der Waals surface area contributed by atoms with Crippen molar-refractivity contribution in [3.63, 3.8) is 0 Å². The van der Waals surface area contributed by atoms with Gasteiger partial charge in [-0.3, -0.25) is 9.97 Å². The molecule has 0 aliphatic carbocycles. The van der Waals surface area contributed by atoms with Gasteiger partial charge >= 0.3 is 0 Å². The average molecular weight is 259 g/mol. The van der Waals surface area contributed by atoms with Gasteiger partial charge in [-0.15, -0.1) is 0 Å². The molecule has 1 heterocycles. The fourth-order valence-corrected chi connectivity index (χ4v) is 2.07. The van der Waals surface area contributed by atoms with E-state index in [1.54, 1.807) is 24.7 Å². The van der Waals surface area contributed by atoms with Gasteiger partial charge in [0, 0.05) is 12.4 Å². The Bertz CT molecular complexity index is 508. The molecular weight excluding hydrogens is 241 g/mol. The standard InChI is InChI=1S/C15H18FN3/c1-3-4-19-15(14-10-17-5-6-18-14)12-7-11(2)8-13(16)9-12/h5-10,15,19H,3-4H2,1-2H3. The summed E-state index contributed by atoms with van der Waals surface area (Å²) >= 11 is 0. The third kappa shape index (κ3) is 3.58. The molecule has 100 valence electrons. The second-order valence-corrected chi connectivity index (χ2v) is 4.58. The number of benzene rings is 1. The first-order valence-corrected chi connectivity index (χ1v) is 6.47. The molecule has 1 aromatic heterocycles. The molecule has 1 unspecified atom stereocenters. The highest BCUT2D eigenvalue weighted by atomic mass is 19.1. The van der Waals surface area contributed by atoms with Crippen molar-refractivity contribution in [2.45, 2.75) is 26.3 Å². The van der Waals surface area contributed by atoms with E-state index in [4.69, 9.17) is 0 Å². The molecule has 0 aliphatic heterocycles. The van der Waals surface area contributed by atoms with Gasteiger partial charge in [0.25, 0.3) is 0 Å². The molecule has 0 saturated heterocycles. The van der Waals surface area contributed by atoms with Crippen LogP contribution in [0.25, 0.3) is 0 Å². The molecule has 4 heteroatoms. The average Bonchev–Trinajstić information content (AvgIpc) is 2.39. The van der Waals surface area contributed by atoms with Crippen LogP contribution < -0.4 is 5.32 Å². The summed E-state index contributed by atoms with van der Waals surface area (Å²) in [4.78, 5) is 8.41. The van der Waals surface area contributed by atoms with Crippen molar-refractivity contribution in [2.75, 3.05) is 6.54 Å². The van der Waals surface area contributed by atoms with Crippen LogP contribution in [-0.2, 0) is 0 Å². The number of aromatic nitrogens is 2. The minimum absolute atomic E-state index is 0.122. The van der Waals surface area contributed by atoms with Crippen LogP contribution in [0.4, 0.5) is 4.39 Å². The lowest BCUT2D eigenvalue weighted by molar-refractivity contribution is 0.573. The molecule has 0 saturated carbocycles. The first-order chi connectivity index (χ1) is 9.20. The third-order valence-electron chi connectivity index (χ3n) is 2.88. The lowest BCUT2D eigenvalue weighted by Gasteiger charge is -2.18. The van der Waals surface area contributed by atoms with Crippen LogP contribution in [0.5, 0.6) is 0 Å². The Morgan fingerprint density at radius 3 is 2.74 bits per heavy atom. The predicted octanol–water partition coefficient (Wildman–Crippen LogP) is 3.01. The number of hydrogen-bond donors (Lipinski definition) is 1. The Morgan fingerprint density at radius 1 is 1.26 bits per heavy atom. The van der Waals surface area contributed by atoms with Gasteiger partial charge in [0.15, 0.2) is 0 Å². The summed E-state index contributed by atoms with van der Waals surface area (Å²) in [7, 11) is 0. The minimum atomic E-state index is -0.220. The summed E-state index contributed by atoms with van der Waals surface area (Å²) < 4.78 is 13.6. The molecule has 0 fully saturated rings. The molecule has 2 rings (SSSR count). The molecule has 1 aromatic carbocycles. The van der Waals surface area contributed by atoms with Crippen LogP contribution in [0, 0.1) is 12.7 Å². The second kappa shape index (κ2) is 6.38. The van der Waals surface area contributed by atoms with E-state index < -0.39 is 0 Å². The highest BCUT2D eigenvalue weighted by Crippen LogP contribution is 2.22. The monoisotopic (exact) mass is 259 g/mol. The first-order valence-electron chi connectivity index (χ1n) is 6.47. The Labute approximate surface area is 112 Å². The summed E-state index contributed by atoms with van der Waals surface area (Å²) in [5.41, 5.74) is 2.59. The van der Waals surface area contributed by atoms with E-state index in [2.05, 4.69) is 22.2 Å². The topological polar surface area (TPSA) is 37.8 Å². The van der Waals surface area contributed by atoms with Crippen LogP contribution in [0.2, 0.25) is 0 Å². The molecule has 0 aliphatic rings. The second-order valence-electron chi connectivity index (χ2n) is 4.58. The van der Waals surface area contributed by atoms with Crippen molar-refractivity contribution in [1.29, 1.82) is 0 Å². The molecule has 0 bridgehead atoms. The van der Waals surface area contributed by atoms with Crippen LogP contribution in [0.3, 0.4) is 0 Å². The van der Waals surface area contributed by atoms with Crippen molar-refractivity contribution in [1.82, 2.24) is 15.3 Å². The Morgan fingerprint density at radius 2 is 2.11 bits per heavy atom. The maximum Gasteiger partial charge on any atom is 0.123 e. The van der Waals surface area contributed by atoms with Gasteiger partial charge in [0.05, 0.1) is 17.9 Å². The number of aryl methyl sites for hydroxylation is 1. The highest BCUT2D eigenvalue weighted by Gasteiger charge is 2.15. The summed E-state index contributed by atoms with van der Waals surface area (Å²) in [5.74, 6) is -0.220. The van der Waals surface area contributed by atoms with Crippen molar-refractivity contribution >= 4 is 0 Å². The van der Waals surface area contributed by atoms with Crippen molar-refractivity contribution in [2.24, 2.45) is 0 Å². The number of halogens is 1. The fraction of sp³-hybridized carbons (Fsp3) is 0.333. The minimum Gasteiger partial charge on any atom is -0.305 e. The van der Waals surface area contributed by atoms with E-state index in [0.717, 1.165) is 29.8 Å². The van der Waals surface area contributed by atoms with E-state index in [1.807, 2.05) is 13.0 Å². The lowest BCUT2D eigenvalue weighted by atomic mass is 10.0. The Balaban J connectivity index is 2.36. The predicted molar refractivity (Wildman–Crippen MR) is 73.3 cm³/mol. The zero-order chi connectivity index (χ0) is 13.7. The van der Waals surface area contributed by atoms with Crippen LogP contribution >= 0.6 is 0 Å². The van der Waals surface area contributed by atoms with E-state index in [-0.39, 0.29) is 11.9 Å². The fourth-order valence-electron chi connectivity index (χ4n) is 2.07. The van der Waals surface area contributed by atoms with Gasteiger partial charge in [-0.2, -0.15) is 0 Å². The van der Waals surface area contributed by atoms with Gasteiger partial charge in [-0.1, -0.05) is 13.0 Å². The largest absolute Gasteiger partial charge is 0.305 e. The van der Waals surface area contributed by atoms with E-state index in [1.165, 1.54) is 6.07 Å². The number of hydrogen-bond acceptors (Lipinski definition) is 3. The summed E-state index contributed by atoms with van der Waals surface area (Å²) in [6, 6.07) is 4.93. The molecule has 2 aromatic rings. The van der Waals surface area contributed by atoms with E-state index >= 15 is 0 Å². The molecule has 1 N–H and O–H groups in total. The molecule has 0 spiro atoms. The molecule has 19 heavy (non-hydrogen) atoms. The zero-order valence-corrected chi connectivity index (χ0v) is 11.2. The molecule has 0 radical (unpaired) electrons. The number of nitrogens with zero attached hydrogens (tertiary/aromatic N) is 2.